The molecular formula is C6H4ClN5S2. The Morgan fingerprint density at radius 1 is 1.36 bits per heavy atom. The van der Waals surface area contributed by atoms with Crippen molar-refractivity contribution >= 4 is 39.8 Å². The van der Waals surface area contributed by atoms with Gasteiger partial charge in [0.1, 0.15) is 10.2 Å². The molecule has 0 bridgehead atoms. The van der Waals surface area contributed by atoms with Crippen LogP contribution in [-0.4, -0.2) is 20.2 Å². The fraction of sp³-hybridized carbons (Fsp3) is 0. The van der Waals surface area contributed by atoms with Crippen molar-refractivity contribution < 1.29 is 0 Å². The number of hydrogen-bond acceptors (Lipinski definition) is 7. The van der Waals surface area contributed by atoms with Crippen molar-refractivity contribution in [2.75, 3.05) is 5.73 Å². The first-order valence-electron chi connectivity index (χ1n) is 3.48. The highest BCUT2D eigenvalue weighted by molar-refractivity contribution is 8.01. The van der Waals surface area contributed by atoms with Gasteiger partial charge < -0.3 is 5.73 Å². The molecule has 2 rings (SSSR count). The van der Waals surface area contributed by atoms with Gasteiger partial charge in [0, 0.05) is 0 Å². The molecule has 72 valence electrons. The van der Waals surface area contributed by atoms with Crippen LogP contribution in [0.3, 0.4) is 0 Å². The predicted octanol–water partition coefficient (Wildman–Crippen LogP) is 1.71. The Kier molecular flexibility index (Phi) is 2.80. The number of hydrogen-bond donors (Lipinski definition) is 1. The zero-order chi connectivity index (χ0) is 9.97. The van der Waals surface area contributed by atoms with Crippen molar-refractivity contribution in [1.82, 2.24) is 20.2 Å². The van der Waals surface area contributed by atoms with E-state index in [1.807, 2.05) is 0 Å². The predicted molar refractivity (Wildman–Crippen MR) is 55.5 cm³/mol. The number of nitrogens with two attached hydrogens (primary N) is 1. The Bertz CT molecular complexity index is 445. The van der Waals surface area contributed by atoms with E-state index in [2.05, 4.69) is 20.2 Å². The molecule has 2 N–H and O–H groups in total. The molecule has 0 unspecified atom stereocenters. The summed E-state index contributed by atoms with van der Waals surface area (Å²) in [7, 11) is 0. The Balaban J connectivity index is 2.18. The molecule has 0 aliphatic rings. The molecule has 2 aromatic rings. The first-order valence-corrected chi connectivity index (χ1v) is 5.49. The lowest BCUT2D eigenvalue weighted by Gasteiger charge is -1.94. The maximum Gasteiger partial charge on any atom is 0.203 e. The van der Waals surface area contributed by atoms with Crippen LogP contribution in [0.5, 0.6) is 0 Å². The summed E-state index contributed by atoms with van der Waals surface area (Å²) in [6, 6.07) is 0. The fourth-order valence-electron chi connectivity index (χ4n) is 0.726. The molecule has 14 heavy (non-hydrogen) atoms. The normalized spacial score (nSPS) is 10.4. The Morgan fingerprint density at radius 2 is 2.21 bits per heavy atom. The topological polar surface area (TPSA) is 77.6 Å². The average molecular weight is 246 g/mol. The van der Waals surface area contributed by atoms with Crippen LogP contribution in [0.15, 0.2) is 21.8 Å². The van der Waals surface area contributed by atoms with Crippen LogP contribution in [0.25, 0.3) is 0 Å². The van der Waals surface area contributed by atoms with Gasteiger partial charge in [0.25, 0.3) is 0 Å². The van der Waals surface area contributed by atoms with Gasteiger partial charge in [-0.2, -0.15) is 0 Å². The molecule has 0 aliphatic carbocycles. The second-order valence-corrected chi connectivity index (χ2v) is 4.85. The first-order chi connectivity index (χ1) is 6.74. The van der Waals surface area contributed by atoms with E-state index in [-0.39, 0.29) is 0 Å². The van der Waals surface area contributed by atoms with Crippen molar-refractivity contribution in [2.45, 2.75) is 9.37 Å². The number of nitrogens with zero attached hydrogens (tertiary/aromatic N) is 4. The SMILES string of the molecule is Nc1nnc(Sc2cncc(Cl)n2)s1. The van der Waals surface area contributed by atoms with E-state index in [9.17, 15) is 0 Å². The smallest absolute Gasteiger partial charge is 0.203 e. The van der Waals surface area contributed by atoms with Gasteiger partial charge in [0.2, 0.25) is 5.13 Å². The van der Waals surface area contributed by atoms with Crippen LogP contribution in [0.2, 0.25) is 5.15 Å². The lowest BCUT2D eigenvalue weighted by molar-refractivity contribution is 1.00. The van der Waals surface area contributed by atoms with Gasteiger partial charge in [-0.05, 0) is 11.8 Å². The average Bonchev–Trinajstić information content (AvgIpc) is 2.51. The second-order valence-electron chi connectivity index (χ2n) is 2.19. The van der Waals surface area contributed by atoms with Crippen LogP contribution < -0.4 is 5.73 Å². The van der Waals surface area contributed by atoms with E-state index in [1.54, 1.807) is 6.20 Å². The third-order valence-electron chi connectivity index (χ3n) is 1.20. The molecule has 0 amide bonds. The van der Waals surface area contributed by atoms with Crippen molar-refractivity contribution in [2.24, 2.45) is 0 Å². The van der Waals surface area contributed by atoms with Crippen LogP contribution in [-0.2, 0) is 0 Å². The monoisotopic (exact) mass is 245 g/mol. The van der Waals surface area contributed by atoms with Gasteiger partial charge in [-0.1, -0.05) is 22.9 Å². The first kappa shape index (κ1) is 9.63. The van der Waals surface area contributed by atoms with Gasteiger partial charge in [0.15, 0.2) is 4.34 Å². The minimum absolute atomic E-state index is 0.354. The summed E-state index contributed by atoms with van der Waals surface area (Å²) in [6.07, 6.45) is 3.08. The summed E-state index contributed by atoms with van der Waals surface area (Å²) in [5.74, 6) is 0. The Hall–Kier alpha value is -0.920. The lowest BCUT2D eigenvalue weighted by Crippen LogP contribution is -1.82. The second kappa shape index (κ2) is 4.07. The summed E-state index contributed by atoms with van der Waals surface area (Å²) in [6.45, 7) is 0. The molecule has 0 radical (unpaired) electrons. The van der Waals surface area contributed by atoms with E-state index in [4.69, 9.17) is 17.3 Å². The molecule has 0 saturated carbocycles. The largest absolute Gasteiger partial charge is 0.374 e. The molecule has 0 aliphatic heterocycles. The fourth-order valence-corrected chi connectivity index (χ4v) is 2.46. The molecule has 2 aromatic heterocycles. The number of anilines is 1. The van der Waals surface area contributed by atoms with Crippen molar-refractivity contribution in [3.05, 3.63) is 17.5 Å². The summed E-state index contributed by atoms with van der Waals surface area (Å²) < 4.78 is 0.721. The maximum absolute atomic E-state index is 5.67. The number of rotatable bonds is 2. The zero-order valence-corrected chi connectivity index (χ0v) is 9.10. The third kappa shape index (κ3) is 2.31. The number of halogens is 1. The summed E-state index contributed by atoms with van der Waals surface area (Å²) in [4.78, 5) is 7.94. The van der Waals surface area contributed by atoms with E-state index in [1.165, 1.54) is 29.3 Å². The molecule has 0 fully saturated rings. The van der Waals surface area contributed by atoms with Crippen LogP contribution in [0, 0.1) is 0 Å². The van der Waals surface area contributed by atoms with E-state index >= 15 is 0 Å². The molecule has 0 spiro atoms. The molecule has 0 saturated heterocycles. The number of aromatic nitrogens is 4. The zero-order valence-electron chi connectivity index (χ0n) is 6.72. The minimum atomic E-state index is 0.354. The van der Waals surface area contributed by atoms with E-state index < -0.39 is 0 Å². The van der Waals surface area contributed by atoms with Crippen LogP contribution in [0.1, 0.15) is 0 Å². The number of nitrogen functional groups attached to an aromatic ring is 1. The Morgan fingerprint density at radius 3 is 2.86 bits per heavy atom. The van der Waals surface area contributed by atoms with Crippen molar-refractivity contribution in [3.63, 3.8) is 0 Å². The van der Waals surface area contributed by atoms with Crippen LogP contribution in [0.4, 0.5) is 5.13 Å². The van der Waals surface area contributed by atoms with E-state index in [0.29, 0.717) is 15.3 Å². The van der Waals surface area contributed by atoms with Crippen LogP contribution >= 0.6 is 34.7 Å². The highest BCUT2D eigenvalue weighted by atomic mass is 35.5. The van der Waals surface area contributed by atoms with Crippen molar-refractivity contribution in [3.8, 4) is 0 Å². The van der Waals surface area contributed by atoms with Gasteiger partial charge >= 0.3 is 0 Å². The van der Waals surface area contributed by atoms with Gasteiger partial charge in [-0.15, -0.1) is 10.2 Å². The molecule has 5 nitrogen and oxygen atoms in total. The van der Waals surface area contributed by atoms with Gasteiger partial charge in [0.05, 0.1) is 12.4 Å². The van der Waals surface area contributed by atoms with E-state index in [0.717, 1.165) is 4.34 Å². The standard InChI is InChI=1S/C6H4ClN5S2/c7-3-1-9-2-4(10-3)13-6-12-11-5(8)14-6/h1-2H,(H2,8,11). The summed E-state index contributed by atoms with van der Waals surface area (Å²) in [5, 5.41) is 8.98. The van der Waals surface area contributed by atoms with Gasteiger partial charge in [-0.25, -0.2) is 4.98 Å². The van der Waals surface area contributed by atoms with Crippen molar-refractivity contribution in [1.29, 1.82) is 0 Å². The molecule has 8 heteroatoms. The molecule has 0 atom stereocenters. The maximum atomic E-state index is 5.67. The summed E-state index contributed by atoms with van der Waals surface area (Å²) >= 11 is 8.30. The molecule has 2 heterocycles. The summed E-state index contributed by atoms with van der Waals surface area (Å²) in [5.41, 5.74) is 5.43. The Labute approximate surface area is 92.7 Å². The van der Waals surface area contributed by atoms with Gasteiger partial charge in [-0.3, -0.25) is 4.98 Å². The highest BCUT2D eigenvalue weighted by Crippen LogP contribution is 2.29. The lowest BCUT2D eigenvalue weighted by atomic mass is 10.8. The molecular weight excluding hydrogens is 242 g/mol. The molecule has 0 aromatic carbocycles. The quantitative estimate of drug-likeness (QED) is 0.868. The third-order valence-corrected chi connectivity index (χ3v) is 3.09. The minimum Gasteiger partial charge on any atom is -0.374 e. The highest BCUT2D eigenvalue weighted by Gasteiger charge is 2.05.